The first-order chi connectivity index (χ1) is 22.3. The molecule has 13 heteroatoms. The molecule has 3 heterocycles. The molecule has 47 heavy (non-hydrogen) atoms. The van der Waals surface area contributed by atoms with Crippen LogP contribution >= 0.6 is 11.6 Å². The molecule has 6 rings (SSSR count). The zero-order valence-corrected chi connectivity index (χ0v) is 28.6. The van der Waals surface area contributed by atoms with E-state index in [1.54, 1.807) is 12.1 Å². The van der Waals surface area contributed by atoms with E-state index in [0.29, 0.717) is 40.8 Å². The molecule has 11 nitrogen and oxygen atoms in total. The first-order valence-electron chi connectivity index (χ1n) is 16.5. The third-order valence-electron chi connectivity index (χ3n) is 10.4. The van der Waals surface area contributed by atoms with Crippen molar-refractivity contribution in [1.29, 1.82) is 0 Å². The summed E-state index contributed by atoms with van der Waals surface area (Å²) < 4.78 is 39.7. The number of nitrogens with zero attached hydrogens (tertiary/aromatic N) is 2. The molecule has 2 amide bonds. The molecule has 1 aromatic carbocycles. The molecule has 7 atom stereocenters. The zero-order chi connectivity index (χ0) is 33.7. The number of sulfonamides is 1. The summed E-state index contributed by atoms with van der Waals surface area (Å²) in [6.45, 7) is 4.14. The number of hydrogen-bond acceptors (Lipinski definition) is 9. The van der Waals surface area contributed by atoms with Crippen LogP contribution in [0.5, 0.6) is 11.6 Å². The van der Waals surface area contributed by atoms with Gasteiger partial charge in [-0.15, -0.1) is 0 Å². The third kappa shape index (κ3) is 6.73. The molecular formula is C34H43ClN4O7S. The minimum absolute atomic E-state index is 0.0983. The molecule has 2 aliphatic carbocycles. The monoisotopic (exact) mass is 686 g/mol. The molecular weight excluding hydrogens is 644 g/mol. The molecule has 3 fully saturated rings. The Kier molecular flexibility index (Phi) is 9.32. The number of amides is 2. The maximum absolute atomic E-state index is 14.2. The van der Waals surface area contributed by atoms with E-state index in [0.717, 1.165) is 19.3 Å². The SMILES string of the molecule is COc1cnc(O[C@@H]2C[C@H]3C(=O)C[C@]4(C(=O)NS(=O)(=O)C5CC5)C[C@H]4/C=C\C(C)CCC[C@@H](C)[C@H](N)C(=O)N3C2)c2cccc(Cl)c12. The maximum atomic E-state index is 14.2. The highest BCUT2D eigenvalue weighted by Crippen LogP contribution is 2.57. The molecule has 2 saturated carbocycles. The van der Waals surface area contributed by atoms with Crippen molar-refractivity contribution in [3.63, 3.8) is 0 Å². The van der Waals surface area contributed by atoms with E-state index in [1.807, 2.05) is 19.1 Å². The minimum atomic E-state index is -3.81. The minimum Gasteiger partial charge on any atom is -0.494 e. The van der Waals surface area contributed by atoms with Crippen molar-refractivity contribution in [3.8, 4) is 11.6 Å². The smallest absolute Gasteiger partial charge is 0.240 e. The van der Waals surface area contributed by atoms with E-state index in [4.69, 9.17) is 26.8 Å². The molecule has 0 radical (unpaired) electrons. The average molecular weight is 687 g/mol. The van der Waals surface area contributed by atoms with Gasteiger partial charge in [0.15, 0.2) is 5.78 Å². The van der Waals surface area contributed by atoms with Gasteiger partial charge in [-0.1, -0.05) is 50.1 Å². The number of nitrogens with two attached hydrogens (primary N) is 1. The number of hydrogen-bond donors (Lipinski definition) is 2. The average Bonchev–Trinajstić information content (AvgIpc) is 3.96. The van der Waals surface area contributed by atoms with Crippen molar-refractivity contribution in [2.45, 2.75) is 88.7 Å². The summed E-state index contributed by atoms with van der Waals surface area (Å²) in [6.07, 6.45) is 8.75. The normalized spacial score (nSPS) is 32.5. The number of allylic oxidation sites excluding steroid dienone is 2. The number of ketones is 1. The van der Waals surface area contributed by atoms with Gasteiger partial charge < -0.3 is 20.1 Å². The number of fused-ring (bicyclic) bond motifs is 3. The Balaban J connectivity index is 1.31. The summed E-state index contributed by atoms with van der Waals surface area (Å²) in [4.78, 5) is 47.8. The van der Waals surface area contributed by atoms with Gasteiger partial charge in [0.1, 0.15) is 11.9 Å². The Morgan fingerprint density at radius 2 is 1.91 bits per heavy atom. The number of rotatable bonds is 6. The number of aromatic nitrogens is 1. The number of nitrogens with one attached hydrogen (secondary N) is 1. The van der Waals surface area contributed by atoms with Crippen molar-refractivity contribution >= 4 is 50.0 Å². The molecule has 2 aliphatic heterocycles. The first kappa shape index (κ1) is 33.7. The fraction of sp³-hybridized carbons (Fsp3) is 0.588. The first-order valence-corrected chi connectivity index (χ1v) is 18.4. The lowest BCUT2D eigenvalue weighted by atomic mass is 9.91. The largest absolute Gasteiger partial charge is 0.494 e. The summed E-state index contributed by atoms with van der Waals surface area (Å²) in [5.74, 6) is -0.736. The molecule has 1 saturated heterocycles. The lowest BCUT2D eigenvalue weighted by molar-refractivity contribution is -0.140. The number of methoxy groups -OCH3 is 1. The Morgan fingerprint density at radius 3 is 2.64 bits per heavy atom. The van der Waals surface area contributed by atoms with Gasteiger partial charge in [0.2, 0.25) is 27.7 Å². The fourth-order valence-corrected chi connectivity index (χ4v) is 8.74. The zero-order valence-electron chi connectivity index (χ0n) is 27.0. The van der Waals surface area contributed by atoms with Crippen LogP contribution in [0.25, 0.3) is 10.8 Å². The van der Waals surface area contributed by atoms with Crippen LogP contribution in [0.15, 0.2) is 36.5 Å². The van der Waals surface area contributed by atoms with Crippen LogP contribution < -0.4 is 19.9 Å². The number of pyridine rings is 1. The van der Waals surface area contributed by atoms with Crippen LogP contribution in [0.3, 0.4) is 0 Å². The van der Waals surface area contributed by atoms with Gasteiger partial charge in [0.25, 0.3) is 0 Å². The fourth-order valence-electron chi connectivity index (χ4n) is 7.09. The van der Waals surface area contributed by atoms with Crippen molar-refractivity contribution in [3.05, 3.63) is 41.6 Å². The lowest BCUT2D eigenvalue weighted by Crippen LogP contribution is -2.51. The van der Waals surface area contributed by atoms with E-state index in [1.165, 1.54) is 18.2 Å². The standard InChI is InChI=1S/C34H43ClN4O7S/c1-19-6-4-7-20(2)30(36)32(41)39-18-22(46-31-24-8-5-9-25(35)29(24)28(45-3)17-37-31)14-26(39)27(40)16-34(15-21(34)11-10-19)33(42)38-47(43,44)23-12-13-23/h5,8-11,17,19-23,26,30H,4,6-7,12-16,18,36H2,1-3H3,(H,38,42)/b11-10-/t19?,20-,21-,22-,26+,30+,34-/m1/s1. The molecule has 0 bridgehead atoms. The van der Waals surface area contributed by atoms with Crippen LogP contribution in [-0.4, -0.2) is 73.0 Å². The Bertz CT molecular complexity index is 1710. The molecule has 1 aromatic heterocycles. The molecule has 254 valence electrons. The highest BCUT2D eigenvalue weighted by Gasteiger charge is 2.61. The summed E-state index contributed by atoms with van der Waals surface area (Å²) in [6, 6.07) is 3.60. The van der Waals surface area contributed by atoms with Crippen molar-refractivity contribution in [1.82, 2.24) is 14.6 Å². The second-order valence-corrected chi connectivity index (χ2v) is 16.2. The number of carbonyl (C=O) groups excluding carboxylic acids is 3. The van der Waals surface area contributed by atoms with Crippen LogP contribution in [0.2, 0.25) is 5.02 Å². The predicted octanol–water partition coefficient (Wildman–Crippen LogP) is 4.16. The number of carbonyl (C=O) groups is 3. The number of ether oxygens (including phenoxy) is 2. The Morgan fingerprint density at radius 1 is 1.15 bits per heavy atom. The summed E-state index contributed by atoms with van der Waals surface area (Å²) in [5.41, 5.74) is 5.34. The van der Waals surface area contributed by atoms with Gasteiger partial charge in [-0.25, -0.2) is 13.4 Å². The second kappa shape index (κ2) is 13.0. The van der Waals surface area contributed by atoms with E-state index >= 15 is 0 Å². The van der Waals surface area contributed by atoms with Gasteiger partial charge >= 0.3 is 0 Å². The molecule has 1 unspecified atom stereocenters. The lowest BCUT2D eigenvalue weighted by Gasteiger charge is -2.29. The third-order valence-corrected chi connectivity index (χ3v) is 12.5. The van der Waals surface area contributed by atoms with Gasteiger partial charge in [-0.3, -0.25) is 19.1 Å². The Labute approximate surface area is 280 Å². The summed E-state index contributed by atoms with van der Waals surface area (Å²) in [7, 11) is -2.28. The van der Waals surface area contributed by atoms with Crippen LogP contribution in [0.4, 0.5) is 0 Å². The van der Waals surface area contributed by atoms with Crippen molar-refractivity contribution in [2.75, 3.05) is 13.7 Å². The molecule has 3 N–H and O–H groups in total. The van der Waals surface area contributed by atoms with E-state index < -0.39 is 44.8 Å². The summed E-state index contributed by atoms with van der Waals surface area (Å²) in [5, 5.41) is 1.15. The maximum Gasteiger partial charge on any atom is 0.240 e. The highest BCUT2D eigenvalue weighted by molar-refractivity contribution is 7.90. The predicted molar refractivity (Wildman–Crippen MR) is 177 cm³/mol. The number of Topliss-reactive ketones (excluding diaryl/α,β-unsaturated/α-hetero) is 1. The molecule has 0 spiro atoms. The molecule has 4 aliphatic rings. The number of benzene rings is 1. The van der Waals surface area contributed by atoms with Crippen LogP contribution in [0.1, 0.15) is 65.2 Å². The van der Waals surface area contributed by atoms with Gasteiger partial charge in [-0.2, -0.15) is 0 Å². The molecule has 2 aromatic rings. The topological polar surface area (TPSA) is 158 Å². The van der Waals surface area contributed by atoms with Gasteiger partial charge in [-0.05, 0) is 62.0 Å². The van der Waals surface area contributed by atoms with Crippen LogP contribution in [0, 0.1) is 23.2 Å². The van der Waals surface area contributed by atoms with E-state index in [9.17, 15) is 22.8 Å². The van der Waals surface area contributed by atoms with E-state index in [2.05, 4.69) is 22.7 Å². The second-order valence-electron chi connectivity index (χ2n) is 13.9. The Hall–Kier alpha value is -3.22. The summed E-state index contributed by atoms with van der Waals surface area (Å²) >= 11 is 6.50. The van der Waals surface area contributed by atoms with Crippen LogP contribution in [-0.2, 0) is 24.4 Å². The number of halogens is 1. The van der Waals surface area contributed by atoms with Gasteiger partial charge in [0, 0.05) is 23.6 Å². The van der Waals surface area contributed by atoms with Gasteiger partial charge in [0.05, 0.1) is 47.6 Å². The van der Waals surface area contributed by atoms with Crippen molar-refractivity contribution < 1.29 is 32.3 Å². The van der Waals surface area contributed by atoms with Crippen molar-refractivity contribution in [2.24, 2.45) is 28.9 Å². The quantitative estimate of drug-likeness (QED) is 0.426. The van der Waals surface area contributed by atoms with E-state index in [-0.39, 0.29) is 54.7 Å². The highest BCUT2D eigenvalue weighted by atomic mass is 35.5.